The molecule has 0 spiro atoms. The van der Waals surface area contributed by atoms with E-state index in [9.17, 15) is 9.59 Å². The highest BCUT2D eigenvalue weighted by atomic mass is 35.5. The standard InChI is InChI=1S/C19H21Cl2N5O3/c1-24-15-16(23-18(24)22-12-5-7-29-8-6-12)25(2)19(28)26(17(15)27)10-11-3-4-13(20)14(21)9-11/h3-4,9,12H,5-8,10H2,1-2H3,(H,22,23). The van der Waals surface area contributed by atoms with Crippen LogP contribution in [0.3, 0.4) is 0 Å². The number of aryl methyl sites for hydroxylation is 2. The summed E-state index contributed by atoms with van der Waals surface area (Å²) in [5.74, 6) is 0.561. The van der Waals surface area contributed by atoms with Gasteiger partial charge in [0.1, 0.15) is 0 Å². The Bertz CT molecular complexity index is 1190. The Morgan fingerprint density at radius 1 is 1.14 bits per heavy atom. The molecule has 0 amide bonds. The van der Waals surface area contributed by atoms with Gasteiger partial charge in [-0.3, -0.25) is 13.9 Å². The van der Waals surface area contributed by atoms with Crippen LogP contribution in [0.5, 0.6) is 0 Å². The smallest absolute Gasteiger partial charge is 0.332 e. The van der Waals surface area contributed by atoms with Crippen LogP contribution in [-0.4, -0.2) is 37.9 Å². The van der Waals surface area contributed by atoms with Crippen LogP contribution in [0, 0.1) is 0 Å². The normalized spacial score (nSPS) is 15.2. The van der Waals surface area contributed by atoms with Crippen molar-refractivity contribution in [1.29, 1.82) is 0 Å². The number of halogens is 2. The van der Waals surface area contributed by atoms with Crippen molar-refractivity contribution in [2.24, 2.45) is 14.1 Å². The van der Waals surface area contributed by atoms with Crippen molar-refractivity contribution in [3.8, 4) is 0 Å². The number of aromatic nitrogens is 4. The number of nitrogens with zero attached hydrogens (tertiary/aromatic N) is 4. The molecule has 3 aromatic rings. The average Bonchev–Trinajstić information content (AvgIpc) is 3.03. The van der Waals surface area contributed by atoms with Gasteiger partial charge < -0.3 is 14.6 Å². The van der Waals surface area contributed by atoms with Crippen LogP contribution >= 0.6 is 23.2 Å². The molecule has 1 saturated heterocycles. The molecule has 0 atom stereocenters. The molecule has 154 valence electrons. The van der Waals surface area contributed by atoms with Gasteiger partial charge in [-0.2, -0.15) is 4.98 Å². The van der Waals surface area contributed by atoms with Crippen LogP contribution < -0.4 is 16.6 Å². The lowest BCUT2D eigenvalue weighted by Gasteiger charge is -2.23. The van der Waals surface area contributed by atoms with E-state index in [1.165, 1.54) is 9.13 Å². The molecule has 2 aromatic heterocycles. The van der Waals surface area contributed by atoms with E-state index in [1.807, 2.05) is 0 Å². The van der Waals surface area contributed by atoms with Crippen LogP contribution in [0.1, 0.15) is 18.4 Å². The van der Waals surface area contributed by atoms with Crippen LogP contribution in [0.2, 0.25) is 10.0 Å². The molecular weight excluding hydrogens is 417 g/mol. The van der Waals surface area contributed by atoms with Gasteiger partial charge in [0.2, 0.25) is 5.95 Å². The second-order valence-electron chi connectivity index (χ2n) is 7.18. The Morgan fingerprint density at radius 3 is 2.55 bits per heavy atom. The summed E-state index contributed by atoms with van der Waals surface area (Å²) in [6.07, 6.45) is 1.73. The zero-order valence-corrected chi connectivity index (χ0v) is 17.6. The molecule has 0 saturated carbocycles. The quantitative estimate of drug-likeness (QED) is 0.677. The van der Waals surface area contributed by atoms with Gasteiger partial charge in [-0.25, -0.2) is 4.79 Å². The number of benzene rings is 1. The summed E-state index contributed by atoms with van der Waals surface area (Å²) in [5.41, 5.74) is 0.582. The number of anilines is 1. The Morgan fingerprint density at radius 2 is 1.86 bits per heavy atom. The fourth-order valence-corrected chi connectivity index (χ4v) is 3.88. The summed E-state index contributed by atoms with van der Waals surface area (Å²) < 4.78 is 9.67. The van der Waals surface area contributed by atoms with Gasteiger partial charge in [-0.05, 0) is 30.5 Å². The van der Waals surface area contributed by atoms with Crippen LogP contribution in [0.15, 0.2) is 27.8 Å². The third kappa shape index (κ3) is 3.68. The highest BCUT2D eigenvalue weighted by molar-refractivity contribution is 6.42. The predicted octanol–water partition coefficient (Wildman–Crippen LogP) is 2.38. The lowest BCUT2D eigenvalue weighted by Crippen LogP contribution is -2.39. The molecule has 29 heavy (non-hydrogen) atoms. The predicted molar refractivity (Wildman–Crippen MR) is 113 cm³/mol. The zero-order chi connectivity index (χ0) is 20.7. The molecule has 0 aliphatic carbocycles. The first kappa shape index (κ1) is 20.0. The zero-order valence-electron chi connectivity index (χ0n) is 16.1. The Kier molecular flexibility index (Phi) is 5.42. The fraction of sp³-hybridized carbons (Fsp3) is 0.421. The van der Waals surface area contributed by atoms with Crippen molar-refractivity contribution in [2.45, 2.75) is 25.4 Å². The minimum atomic E-state index is -0.440. The highest BCUT2D eigenvalue weighted by Crippen LogP contribution is 2.23. The minimum absolute atomic E-state index is 0.0895. The summed E-state index contributed by atoms with van der Waals surface area (Å²) >= 11 is 12.0. The molecule has 1 fully saturated rings. The summed E-state index contributed by atoms with van der Waals surface area (Å²) in [6, 6.07) is 5.26. The molecule has 1 aliphatic heterocycles. The number of imidazole rings is 1. The molecule has 1 aromatic carbocycles. The minimum Gasteiger partial charge on any atom is -0.381 e. The molecule has 10 heteroatoms. The van der Waals surface area contributed by atoms with E-state index >= 15 is 0 Å². The van der Waals surface area contributed by atoms with Gasteiger partial charge in [0.05, 0.1) is 16.6 Å². The summed E-state index contributed by atoms with van der Waals surface area (Å²) in [7, 11) is 3.38. The molecule has 0 radical (unpaired) electrons. The lowest BCUT2D eigenvalue weighted by atomic mass is 10.1. The number of hydrogen-bond donors (Lipinski definition) is 1. The Labute approximate surface area is 176 Å². The second kappa shape index (κ2) is 7.85. The Balaban J connectivity index is 1.78. The Hall–Kier alpha value is -2.29. The summed E-state index contributed by atoms with van der Waals surface area (Å²) in [4.78, 5) is 30.5. The largest absolute Gasteiger partial charge is 0.381 e. The van der Waals surface area contributed by atoms with Crippen LogP contribution in [0.4, 0.5) is 5.95 Å². The van der Waals surface area contributed by atoms with Gasteiger partial charge in [0.25, 0.3) is 5.56 Å². The van der Waals surface area contributed by atoms with Crippen molar-refractivity contribution in [1.82, 2.24) is 18.7 Å². The van der Waals surface area contributed by atoms with E-state index in [2.05, 4.69) is 10.3 Å². The third-order valence-electron chi connectivity index (χ3n) is 5.24. The van der Waals surface area contributed by atoms with Gasteiger partial charge in [-0.1, -0.05) is 29.3 Å². The number of nitrogens with one attached hydrogen (secondary N) is 1. The van der Waals surface area contributed by atoms with E-state index in [4.69, 9.17) is 27.9 Å². The first-order valence-corrected chi connectivity index (χ1v) is 10.1. The van der Waals surface area contributed by atoms with E-state index in [1.54, 1.807) is 36.9 Å². The highest BCUT2D eigenvalue weighted by Gasteiger charge is 2.21. The molecule has 0 bridgehead atoms. The average molecular weight is 438 g/mol. The monoisotopic (exact) mass is 437 g/mol. The van der Waals surface area contributed by atoms with Gasteiger partial charge in [0.15, 0.2) is 11.2 Å². The van der Waals surface area contributed by atoms with Gasteiger partial charge >= 0.3 is 5.69 Å². The lowest BCUT2D eigenvalue weighted by molar-refractivity contribution is 0.0902. The van der Waals surface area contributed by atoms with E-state index in [0.29, 0.717) is 45.9 Å². The van der Waals surface area contributed by atoms with Crippen LogP contribution in [-0.2, 0) is 25.4 Å². The first-order chi connectivity index (χ1) is 13.9. The SMILES string of the molecule is Cn1c(NC2CCOCC2)nc2c1c(=O)n(Cc1ccc(Cl)c(Cl)c1)c(=O)n2C. The number of hydrogen-bond acceptors (Lipinski definition) is 5. The maximum absolute atomic E-state index is 13.2. The van der Waals surface area contributed by atoms with Crippen molar-refractivity contribution < 1.29 is 4.74 Å². The number of rotatable bonds is 4. The maximum atomic E-state index is 13.2. The summed E-state index contributed by atoms with van der Waals surface area (Å²) in [6.45, 7) is 1.47. The maximum Gasteiger partial charge on any atom is 0.332 e. The molecule has 4 rings (SSSR count). The summed E-state index contributed by atoms with van der Waals surface area (Å²) in [5, 5.41) is 4.16. The molecule has 3 heterocycles. The van der Waals surface area contributed by atoms with Gasteiger partial charge in [0, 0.05) is 33.4 Å². The molecular formula is C19H21Cl2N5O3. The van der Waals surface area contributed by atoms with Crippen molar-refractivity contribution in [2.75, 3.05) is 18.5 Å². The number of ether oxygens (including phenoxy) is 1. The number of fused-ring (bicyclic) bond motifs is 1. The third-order valence-corrected chi connectivity index (χ3v) is 5.98. The van der Waals surface area contributed by atoms with Crippen molar-refractivity contribution in [3.05, 3.63) is 54.6 Å². The van der Waals surface area contributed by atoms with E-state index in [-0.39, 0.29) is 12.6 Å². The second-order valence-corrected chi connectivity index (χ2v) is 7.99. The van der Waals surface area contributed by atoms with Crippen LogP contribution in [0.25, 0.3) is 11.2 Å². The van der Waals surface area contributed by atoms with E-state index in [0.717, 1.165) is 12.8 Å². The van der Waals surface area contributed by atoms with Crippen molar-refractivity contribution in [3.63, 3.8) is 0 Å². The van der Waals surface area contributed by atoms with E-state index < -0.39 is 11.2 Å². The molecule has 1 N–H and O–H groups in total. The first-order valence-electron chi connectivity index (χ1n) is 9.31. The molecule has 1 aliphatic rings. The topological polar surface area (TPSA) is 83.1 Å². The fourth-order valence-electron chi connectivity index (χ4n) is 3.56. The molecule has 0 unspecified atom stereocenters. The van der Waals surface area contributed by atoms with Gasteiger partial charge in [-0.15, -0.1) is 0 Å². The van der Waals surface area contributed by atoms with Crippen molar-refractivity contribution >= 4 is 40.3 Å². The molecule has 8 nitrogen and oxygen atoms in total.